The molecule has 3 unspecified atom stereocenters. The van der Waals surface area contributed by atoms with E-state index < -0.39 is 11.5 Å². The van der Waals surface area contributed by atoms with Crippen molar-refractivity contribution in [3.8, 4) is 0 Å². The summed E-state index contributed by atoms with van der Waals surface area (Å²) in [6.07, 6.45) is 9.04. The molecule has 1 saturated heterocycles. The first-order valence-corrected chi connectivity index (χ1v) is 15.1. The molecule has 0 radical (unpaired) electrons. The van der Waals surface area contributed by atoms with Crippen LogP contribution in [0.25, 0.3) is 0 Å². The van der Waals surface area contributed by atoms with Crippen LogP contribution < -0.4 is 5.32 Å². The molecule has 4 aliphatic carbocycles. The number of aryl methyl sites for hydroxylation is 1. The van der Waals surface area contributed by atoms with E-state index in [4.69, 9.17) is 4.74 Å². The highest BCUT2D eigenvalue weighted by molar-refractivity contribution is 9.10. The van der Waals surface area contributed by atoms with Crippen molar-refractivity contribution < 1.29 is 19.1 Å². The summed E-state index contributed by atoms with van der Waals surface area (Å²) in [4.78, 5) is 46.9. The third-order valence-corrected chi connectivity index (χ3v) is 9.86. The number of carbonyl (C=O) groups is 3. The molecule has 2 aromatic heterocycles. The second-order valence-electron chi connectivity index (χ2n) is 12.2. The van der Waals surface area contributed by atoms with E-state index in [0.717, 1.165) is 32.1 Å². The molecule has 12 nitrogen and oxygen atoms in total. The van der Waals surface area contributed by atoms with Crippen LogP contribution in [0.15, 0.2) is 17.3 Å². The number of nitrogens with zero attached hydrogens (tertiary/aromatic N) is 7. The number of carbonyl (C=O) groups excluding carboxylic acids is 3. The fraction of sp³-hybridized carbons (Fsp3) is 0.704. The predicted molar refractivity (Wildman–Crippen MR) is 148 cm³/mol. The largest absolute Gasteiger partial charge is 0.450 e. The Morgan fingerprint density at radius 1 is 1.10 bits per heavy atom. The zero-order valence-corrected chi connectivity index (χ0v) is 24.9. The van der Waals surface area contributed by atoms with Gasteiger partial charge in [0.25, 0.3) is 0 Å². The van der Waals surface area contributed by atoms with Crippen LogP contribution in [0.1, 0.15) is 64.1 Å². The maximum atomic E-state index is 14.0. The number of piperazine rings is 1. The highest BCUT2D eigenvalue weighted by atomic mass is 79.9. The Morgan fingerprint density at radius 2 is 1.77 bits per heavy atom. The summed E-state index contributed by atoms with van der Waals surface area (Å²) in [5, 5.41) is 12.4. The lowest BCUT2D eigenvalue weighted by Gasteiger charge is -2.60. The van der Waals surface area contributed by atoms with Gasteiger partial charge in [-0.15, -0.1) is 5.10 Å². The minimum Gasteiger partial charge on any atom is -0.450 e. The minimum atomic E-state index is -0.535. The zero-order valence-electron chi connectivity index (χ0n) is 23.3. The molecule has 1 aliphatic heterocycles. The highest BCUT2D eigenvalue weighted by Crippen LogP contribution is 2.64. The quantitative estimate of drug-likeness (QED) is 0.527. The summed E-state index contributed by atoms with van der Waals surface area (Å²) < 4.78 is 9.29. The Labute approximate surface area is 241 Å². The van der Waals surface area contributed by atoms with E-state index in [1.54, 1.807) is 33.9 Å². The Bertz CT molecular complexity index is 1300. The molecule has 13 heteroatoms. The Hall–Kier alpha value is -2.96. The molecule has 1 N–H and O–H groups in total. The first-order chi connectivity index (χ1) is 19.1. The third kappa shape index (κ3) is 4.69. The van der Waals surface area contributed by atoms with Crippen molar-refractivity contribution >= 4 is 39.5 Å². The molecule has 2 aromatic rings. The van der Waals surface area contributed by atoms with Crippen LogP contribution >= 0.6 is 15.9 Å². The number of aromatic nitrogens is 5. The average molecular weight is 618 g/mol. The second kappa shape index (κ2) is 10.1. The van der Waals surface area contributed by atoms with Gasteiger partial charge in [-0.25, -0.2) is 14.5 Å². The Kier molecular flexibility index (Phi) is 6.90. The molecule has 4 bridgehead atoms. The maximum absolute atomic E-state index is 14.0. The number of ether oxygens (including phenoxy) is 1. The van der Waals surface area contributed by atoms with Gasteiger partial charge in [0.2, 0.25) is 16.5 Å². The van der Waals surface area contributed by atoms with Gasteiger partial charge in [0.15, 0.2) is 0 Å². The molecule has 3 amide bonds. The molecule has 5 aliphatic rings. The number of halogens is 1. The van der Waals surface area contributed by atoms with Gasteiger partial charge in [-0.1, -0.05) is 0 Å². The molecule has 40 heavy (non-hydrogen) atoms. The van der Waals surface area contributed by atoms with Gasteiger partial charge in [0.1, 0.15) is 12.4 Å². The monoisotopic (exact) mass is 616 g/mol. The first kappa shape index (κ1) is 27.2. The smallest absolute Gasteiger partial charge is 0.409 e. The summed E-state index contributed by atoms with van der Waals surface area (Å²) in [6, 6.07) is -0.535. The lowest BCUT2D eigenvalue weighted by molar-refractivity contribution is -0.150. The standard InChI is InChI=1S/C27H37BrN8O4/c1-4-40-25(39)34-7-5-33(6-8-34)22(37)18(3)35-14-21(17(2)31-35)30-23(38)26-10-19-9-20(11-26)13-27(12-19,15-26)36-16-29-24(28)32-36/h14,16,18-20H,4-13,15H2,1-3H3,(H,30,38). The van der Waals surface area contributed by atoms with Crippen LogP contribution in [0, 0.1) is 24.2 Å². The average Bonchev–Trinajstić information content (AvgIpc) is 3.53. The number of hydrogen-bond donors (Lipinski definition) is 1. The summed E-state index contributed by atoms with van der Waals surface area (Å²) in [5.74, 6) is 0.981. The SMILES string of the molecule is CCOC(=O)N1CCN(C(=O)C(C)n2cc(NC(=O)C34CC5CC(C3)CC(n3cnc(Br)n3)(C5)C4)c(C)n2)CC1. The predicted octanol–water partition coefficient (Wildman–Crippen LogP) is 3.34. The number of hydrogen-bond acceptors (Lipinski definition) is 7. The lowest BCUT2D eigenvalue weighted by Crippen LogP contribution is -2.60. The number of amides is 3. The van der Waals surface area contributed by atoms with Crippen molar-refractivity contribution in [2.45, 2.75) is 70.9 Å². The molecule has 4 saturated carbocycles. The van der Waals surface area contributed by atoms with Gasteiger partial charge in [-0.05, 0) is 87.1 Å². The number of nitrogens with one attached hydrogen (secondary N) is 1. The van der Waals surface area contributed by atoms with E-state index >= 15 is 0 Å². The van der Waals surface area contributed by atoms with Crippen LogP contribution in [-0.4, -0.2) is 85.0 Å². The Morgan fingerprint density at radius 3 is 2.40 bits per heavy atom. The summed E-state index contributed by atoms with van der Waals surface area (Å²) in [6.45, 7) is 7.55. The van der Waals surface area contributed by atoms with Gasteiger partial charge in [0, 0.05) is 32.4 Å². The topological polar surface area (TPSA) is 127 Å². The number of rotatable bonds is 6. The summed E-state index contributed by atoms with van der Waals surface area (Å²) >= 11 is 3.39. The number of anilines is 1. The zero-order chi connectivity index (χ0) is 28.2. The van der Waals surface area contributed by atoms with Crippen molar-refractivity contribution in [2.75, 3.05) is 38.1 Å². The molecule has 0 spiro atoms. The van der Waals surface area contributed by atoms with E-state index in [1.807, 2.05) is 18.5 Å². The fourth-order valence-corrected chi connectivity index (χ4v) is 8.24. The van der Waals surface area contributed by atoms with Gasteiger partial charge >= 0.3 is 6.09 Å². The van der Waals surface area contributed by atoms with Crippen molar-refractivity contribution in [3.05, 3.63) is 23.0 Å². The van der Waals surface area contributed by atoms with Gasteiger partial charge in [-0.2, -0.15) is 5.10 Å². The summed E-state index contributed by atoms with van der Waals surface area (Å²) in [5.41, 5.74) is 0.708. The van der Waals surface area contributed by atoms with E-state index in [2.05, 4.69) is 36.4 Å². The van der Waals surface area contributed by atoms with Crippen molar-refractivity contribution in [3.63, 3.8) is 0 Å². The molecule has 3 atom stereocenters. The third-order valence-electron chi connectivity index (χ3n) is 9.50. The molecular weight excluding hydrogens is 580 g/mol. The van der Waals surface area contributed by atoms with Gasteiger partial charge < -0.3 is 19.9 Å². The van der Waals surface area contributed by atoms with Crippen molar-refractivity contribution in [1.82, 2.24) is 34.3 Å². The molecule has 0 aromatic carbocycles. The Balaban J connectivity index is 1.13. The lowest BCUT2D eigenvalue weighted by atomic mass is 9.46. The summed E-state index contributed by atoms with van der Waals surface area (Å²) in [7, 11) is 0. The normalized spacial score (nSPS) is 29.9. The molecule has 5 fully saturated rings. The molecule has 216 valence electrons. The van der Waals surface area contributed by atoms with Crippen LogP contribution in [0.2, 0.25) is 0 Å². The van der Waals surface area contributed by atoms with E-state index in [0.29, 0.717) is 60.7 Å². The molecule has 3 heterocycles. The molecule has 7 rings (SSSR count). The van der Waals surface area contributed by atoms with Crippen LogP contribution in [0.5, 0.6) is 0 Å². The van der Waals surface area contributed by atoms with Gasteiger partial charge in [0.05, 0.1) is 28.9 Å². The highest BCUT2D eigenvalue weighted by Gasteiger charge is 2.61. The van der Waals surface area contributed by atoms with Crippen LogP contribution in [-0.2, 0) is 19.9 Å². The van der Waals surface area contributed by atoms with Crippen molar-refractivity contribution in [2.24, 2.45) is 17.3 Å². The maximum Gasteiger partial charge on any atom is 0.409 e. The van der Waals surface area contributed by atoms with E-state index in [9.17, 15) is 14.4 Å². The van der Waals surface area contributed by atoms with Crippen LogP contribution in [0.4, 0.5) is 10.5 Å². The molecular formula is C27H37BrN8O4. The van der Waals surface area contributed by atoms with E-state index in [-0.39, 0.29) is 23.4 Å². The fourth-order valence-electron chi connectivity index (χ4n) is 7.98. The first-order valence-electron chi connectivity index (χ1n) is 14.3. The second-order valence-corrected chi connectivity index (χ2v) is 12.9. The van der Waals surface area contributed by atoms with Crippen molar-refractivity contribution in [1.29, 1.82) is 0 Å². The van der Waals surface area contributed by atoms with E-state index in [1.165, 1.54) is 6.42 Å². The van der Waals surface area contributed by atoms with Gasteiger partial charge in [-0.3, -0.25) is 14.3 Å². The minimum absolute atomic E-state index is 0.0434. The van der Waals surface area contributed by atoms with Crippen LogP contribution in [0.3, 0.4) is 0 Å².